The number of amides is 1. The molecule has 1 aromatic carbocycles. The van der Waals surface area contributed by atoms with Gasteiger partial charge in [0, 0.05) is 13.0 Å². The first-order valence-corrected chi connectivity index (χ1v) is 6.40. The van der Waals surface area contributed by atoms with Gasteiger partial charge in [-0.15, -0.1) is 0 Å². The molecule has 0 heterocycles. The highest BCUT2D eigenvalue weighted by Crippen LogP contribution is 2.33. The summed E-state index contributed by atoms with van der Waals surface area (Å²) in [5, 5.41) is 3.08. The summed E-state index contributed by atoms with van der Waals surface area (Å²) in [5.41, 5.74) is 7.74. The molecule has 0 radical (unpaired) electrons. The van der Waals surface area contributed by atoms with Crippen molar-refractivity contribution in [1.29, 1.82) is 0 Å². The molecule has 0 aliphatic heterocycles. The zero-order chi connectivity index (χ0) is 13.8. The summed E-state index contributed by atoms with van der Waals surface area (Å²) in [6, 6.07) is 8.28. The molecule has 0 aromatic heterocycles. The number of aryl methyl sites for hydroxylation is 1. The lowest BCUT2D eigenvalue weighted by atomic mass is 9.82. The van der Waals surface area contributed by atoms with Crippen molar-refractivity contribution in [3.63, 3.8) is 0 Å². The first-order chi connectivity index (χ1) is 8.34. The van der Waals surface area contributed by atoms with E-state index in [9.17, 15) is 4.79 Å². The number of hydrogen-bond acceptors (Lipinski definition) is 2. The van der Waals surface area contributed by atoms with Crippen LogP contribution in [-0.4, -0.2) is 12.5 Å². The first-order valence-electron chi connectivity index (χ1n) is 6.40. The maximum Gasteiger partial charge on any atom is 0.221 e. The molecule has 0 bridgehead atoms. The fraction of sp³-hybridized carbons (Fsp3) is 0.533. The molecular weight excluding hydrogens is 224 g/mol. The van der Waals surface area contributed by atoms with Crippen molar-refractivity contribution in [3.8, 4) is 0 Å². The van der Waals surface area contributed by atoms with E-state index in [4.69, 9.17) is 5.73 Å². The minimum atomic E-state index is -0.0297. The Morgan fingerprint density at radius 1 is 1.39 bits per heavy atom. The number of nitrogens with two attached hydrogens (primary N) is 1. The van der Waals surface area contributed by atoms with E-state index in [2.05, 4.69) is 51.2 Å². The Kier molecular flexibility index (Phi) is 4.91. The van der Waals surface area contributed by atoms with Gasteiger partial charge in [0.2, 0.25) is 5.91 Å². The lowest BCUT2D eigenvalue weighted by Crippen LogP contribution is -2.37. The van der Waals surface area contributed by atoms with Gasteiger partial charge in [-0.25, -0.2) is 0 Å². The topological polar surface area (TPSA) is 55.1 Å². The molecule has 0 saturated carbocycles. The van der Waals surface area contributed by atoms with Gasteiger partial charge in [-0.05, 0) is 17.9 Å². The van der Waals surface area contributed by atoms with Crippen LogP contribution in [0.3, 0.4) is 0 Å². The lowest BCUT2D eigenvalue weighted by molar-refractivity contribution is -0.122. The lowest BCUT2D eigenvalue weighted by Gasteiger charge is -2.32. The summed E-state index contributed by atoms with van der Waals surface area (Å²) in [4.78, 5) is 11.8. The minimum Gasteiger partial charge on any atom is -0.349 e. The average molecular weight is 248 g/mol. The largest absolute Gasteiger partial charge is 0.349 e. The van der Waals surface area contributed by atoms with Crippen LogP contribution in [0.25, 0.3) is 0 Å². The number of rotatable bonds is 4. The number of carbonyl (C=O) groups excluding carboxylic acids is 1. The number of benzene rings is 1. The second-order valence-electron chi connectivity index (χ2n) is 5.82. The van der Waals surface area contributed by atoms with Gasteiger partial charge in [-0.2, -0.15) is 0 Å². The van der Waals surface area contributed by atoms with Crippen molar-refractivity contribution < 1.29 is 4.79 Å². The SMILES string of the molecule is Cc1cccc(C(NC(=O)CCN)C(C)(C)C)c1. The Bertz CT molecular complexity index is 407. The van der Waals surface area contributed by atoms with E-state index in [-0.39, 0.29) is 17.4 Å². The second kappa shape index (κ2) is 6.01. The molecule has 3 nitrogen and oxygen atoms in total. The first kappa shape index (κ1) is 14.7. The Morgan fingerprint density at radius 3 is 2.56 bits per heavy atom. The molecule has 1 atom stereocenters. The van der Waals surface area contributed by atoms with E-state index in [1.807, 2.05) is 6.07 Å². The Balaban J connectivity index is 2.96. The van der Waals surface area contributed by atoms with Gasteiger partial charge in [0.25, 0.3) is 0 Å². The Morgan fingerprint density at radius 2 is 2.06 bits per heavy atom. The number of carbonyl (C=O) groups is 1. The fourth-order valence-corrected chi connectivity index (χ4v) is 2.01. The van der Waals surface area contributed by atoms with E-state index in [0.717, 1.165) is 5.56 Å². The maximum atomic E-state index is 11.8. The van der Waals surface area contributed by atoms with Gasteiger partial charge >= 0.3 is 0 Å². The molecule has 0 aliphatic carbocycles. The second-order valence-corrected chi connectivity index (χ2v) is 5.82. The summed E-state index contributed by atoms with van der Waals surface area (Å²) < 4.78 is 0. The van der Waals surface area contributed by atoms with Crippen molar-refractivity contribution in [2.75, 3.05) is 6.54 Å². The summed E-state index contributed by atoms with van der Waals surface area (Å²) in [7, 11) is 0. The molecule has 18 heavy (non-hydrogen) atoms. The summed E-state index contributed by atoms with van der Waals surface area (Å²) in [5.74, 6) is 0.0129. The Labute approximate surface area is 110 Å². The number of nitrogens with one attached hydrogen (secondary N) is 1. The van der Waals surface area contributed by atoms with Crippen molar-refractivity contribution in [3.05, 3.63) is 35.4 Å². The highest BCUT2D eigenvalue weighted by molar-refractivity contribution is 5.76. The molecule has 100 valence electrons. The van der Waals surface area contributed by atoms with Crippen LogP contribution in [-0.2, 0) is 4.79 Å². The van der Waals surface area contributed by atoms with Crippen LogP contribution in [0.5, 0.6) is 0 Å². The zero-order valence-corrected chi connectivity index (χ0v) is 11.8. The molecule has 1 amide bonds. The van der Waals surface area contributed by atoms with E-state index in [1.165, 1.54) is 5.56 Å². The van der Waals surface area contributed by atoms with Crippen molar-refractivity contribution in [1.82, 2.24) is 5.32 Å². The number of hydrogen-bond donors (Lipinski definition) is 2. The van der Waals surface area contributed by atoms with Gasteiger partial charge in [0.1, 0.15) is 0 Å². The quantitative estimate of drug-likeness (QED) is 0.860. The molecule has 0 aliphatic rings. The molecule has 3 heteroatoms. The van der Waals surface area contributed by atoms with Crippen molar-refractivity contribution >= 4 is 5.91 Å². The Hall–Kier alpha value is -1.35. The van der Waals surface area contributed by atoms with Crippen LogP contribution >= 0.6 is 0 Å². The molecule has 1 rings (SSSR count). The molecule has 0 saturated heterocycles. The van der Waals surface area contributed by atoms with Crippen molar-refractivity contribution in [2.24, 2.45) is 11.1 Å². The standard InChI is InChI=1S/C15H24N2O/c1-11-6-5-7-12(10-11)14(15(2,3)4)17-13(18)8-9-16/h5-7,10,14H,8-9,16H2,1-4H3,(H,17,18). The van der Waals surface area contributed by atoms with Crippen molar-refractivity contribution in [2.45, 2.75) is 40.2 Å². The molecule has 0 spiro atoms. The van der Waals surface area contributed by atoms with E-state index >= 15 is 0 Å². The van der Waals surface area contributed by atoms with Gasteiger partial charge in [-0.1, -0.05) is 50.6 Å². The monoisotopic (exact) mass is 248 g/mol. The molecular formula is C15H24N2O. The van der Waals surface area contributed by atoms with Gasteiger partial charge in [-0.3, -0.25) is 4.79 Å². The maximum absolute atomic E-state index is 11.8. The van der Waals surface area contributed by atoms with Crippen LogP contribution in [0.15, 0.2) is 24.3 Å². The van der Waals surface area contributed by atoms with Gasteiger partial charge < -0.3 is 11.1 Å². The molecule has 3 N–H and O–H groups in total. The zero-order valence-electron chi connectivity index (χ0n) is 11.8. The van der Waals surface area contributed by atoms with Gasteiger partial charge in [0.05, 0.1) is 6.04 Å². The summed E-state index contributed by atoms with van der Waals surface area (Å²) in [6.45, 7) is 8.83. The van der Waals surface area contributed by atoms with Crippen LogP contribution in [0.4, 0.5) is 0 Å². The third-order valence-corrected chi connectivity index (χ3v) is 2.92. The normalized spacial score (nSPS) is 13.2. The molecule has 0 fully saturated rings. The summed E-state index contributed by atoms with van der Waals surface area (Å²) >= 11 is 0. The van der Waals surface area contributed by atoms with Crippen LogP contribution in [0, 0.1) is 12.3 Å². The summed E-state index contributed by atoms with van der Waals surface area (Å²) in [6.07, 6.45) is 0.373. The van der Waals surface area contributed by atoms with Crippen LogP contribution < -0.4 is 11.1 Å². The van der Waals surface area contributed by atoms with E-state index < -0.39 is 0 Å². The predicted molar refractivity (Wildman–Crippen MR) is 75.2 cm³/mol. The van der Waals surface area contributed by atoms with Crippen LogP contribution in [0.2, 0.25) is 0 Å². The molecule has 1 unspecified atom stereocenters. The smallest absolute Gasteiger partial charge is 0.221 e. The predicted octanol–water partition coefficient (Wildman–Crippen LogP) is 2.55. The third kappa shape index (κ3) is 4.15. The third-order valence-electron chi connectivity index (χ3n) is 2.92. The highest BCUT2D eigenvalue weighted by Gasteiger charge is 2.27. The highest BCUT2D eigenvalue weighted by atomic mass is 16.1. The van der Waals surface area contributed by atoms with E-state index in [1.54, 1.807) is 0 Å². The average Bonchev–Trinajstić information content (AvgIpc) is 2.24. The van der Waals surface area contributed by atoms with E-state index in [0.29, 0.717) is 13.0 Å². The molecule has 1 aromatic rings. The minimum absolute atomic E-state index is 0.0106. The van der Waals surface area contributed by atoms with Crippen LogP contribution in [0.1, 0.15) is 44.4 Å². The fourth-order valence-electron chi connectivity index (χ4n) is 2.01. The van der Waals surface area contributed by atoms with Gasteiger partial charge in [0.15, 0.2) is 0 Å².